The second-order valence-electron chi connectivity index (χ2n) is 5.84. The molecule has 4 atom stereocenters. The topological polar surface area (TPSA) is 38.5 Å². The second kappa shape index (κ2) is 6.17. The van der Waals surface area contributed by atoms with Gasteiger partial charge in [0.05, 0.1) is 6.10 Å². The Morgan fingerprint density at radius 2 is 2.24 bits per heavy atom. The molecule has 0 aromatic carbocycles. The van der Waals surface area contributed by atoms with Gasteiger partial charge in [-0.3, -0.25) is 4.90 Å². The Hall–Kier alpha value is -0.120. The molecule has 3 heteroatoms. The zero-order chi connectivity index (χ0) is 12.3. The highest BCUT2D eigenvalue weighted by atomic mass is 16.5. The Balaban J connectivity index is 1.88. The molecule has 100 valence electrons. The van der Waals surface area contributed by atoms with Gasteiger partial charge in [0, 0.05) is 25.2 Å². The smallest absolute Gasteiger partial charge is 0.0587 e. The molecule has 0 aromatic heterocycles. The normalized spacial score (nSPS) is 37.9. The molecule has 4 unspecified atom stereocenters. The molecule has 3 nitrogen and oxygen atoms in total. The minimum absolute atomic E-state index is 0.347. The molecule has 2 fully saturated rings. The molecule has 2 heterocycles. The Kier molecular flexibility index (Phi) is 4.83. The van der Waals surface area contributed by atoms with Crippen molar-refractivity contribution in [3.63, 3.8) is 0 Å². The third-order valence-corrected chi connectivity index (χ3v) is 4.54. The molecular formula is C14H28N2O. The minimum atomic E-state index is 0.347. The molecule has 2 rings (SSSR count). The van der Waals surface area contributed by atoms with Crippen molar-refractivity contribution >= 4 is 0 Å². The van der Waals surface area contributed by atoms with Gasteiger partial charge in [-0.15, -0.1) is 0 Å². The highest BCUT2D eigenvalue weighted by Gasteiger charge is 2.30. The van der Waals surface area contributed by atoms with E-state index in [0.29, 0.717) is 18.1 Å². The number of rotatable bonds is 3. The Morgan fingerprint density at radius 3 is 2.94 bits per heavy atom. The van der Waals surface area contributed by atoms with E-state index in [2.05, 4.69) is 18.7 Å². The lowest BCUT2D eigenvalue weighted by Crippen LogP contribution is -2.49. The number of ether oxygens (including phenoxy) is 1. The molecule has 2 aliphatic rings. The quantitative estimate of drug-likeness (QED) is 0.820. The van der Waals surface area contributed by atoms with E-state index in [-0.39, 0.29) is 0 Å². The van der Waals surface area contributed by atoms with Crippen molar-refractivity contribution in [2.75, 3.05) is 19.7 Å². The molecule has 0 spiro atoms. The first kappa shape index (κ1) is 13.3. The third-order valence-electron chi connectivity index (χ3n) is 4.54. The molecule has 2 aliphatic heterocycles. The van der Waals surface area contributed by atoms with E-state index < -0.39 is 0 Å². The summed E-state index contributed by atoms with van der Waals surface area (Å²) in [4.78, 5) is 2.68. The van der Waals surface area contributed by atoms with Crippen LogP contribution in [0.1, 0.15) is 46.0 Å². The fraction of sp³-hybridized carbons (Fsp3) is 1.00. The standard InChI is InChI=1S/C14H28N2O/c1-3-14-9-13(6-8-17-14)16-7-4-5-12(10-16)11(2)15/h11-14H,3-10,15H2,1-2H3. The largest absolute Gasteiger partial charge is 0.378 e. The first-order valence-corrected chi connectivity index (χ1v) is 7.32. The van der Waals surface area contributed by atoms with Crippen molar-refractivity contribution in [1.29, 1.82) is 0 Å². The fourth-order valence-electron chi connectivity index (χ4n) is 3.28. The highest BCUT2D eigenvalue weighted by Crippen LogP contribution is 2.26. The first-order valence-electron chi connectivity index (χ1n) is 7.32. The summed E-state index contributed by atoms with van der Waals surface area (Å²) in [6.07, 6.45) is 6.71. The molecule has 17 heavy (non-hydrogen) atoms. The molecule has 0 amide bonds. The fourth-order valence-corrected chi connectivity index (χ4v) is 3.28. The number of hydrogen-bond acceptors (Lipinski definition) is 3. The summed E-state index contributed by atoms with van der Waals surface area (Å²) in [6, 6.07) is 1.09. The van der Waals surface area contributed by atoms with Crippen LogP contribution >= 0.6 is 0 Å². The average molecular weight is 240 g/mol. The minimum Gasteiger partial charge on any atom is -0.378 e. The van der Waals surface area contributed by atoms with Crippen molar-refractivity contribution in [2.45, 2.75) is 64.1 Å². The van der Waals surface area contributed by atoms with E-state index in [1.54, 1.807) is 0 Å². The van der Waals surface area contributed by atoms with Crippen LogP contribution in [0.4, 0.5) is 0 Å². The second-order valence-corrected chi connectivity index (χ2v) is 5.84. The summed E-state index contributed by atoms with van der Waals surface area (Å²) in [5, 5.41) is 0. The zero-order valence-electron chi connectivity index (χ0n) is 11.4. The predicted molar refractivity (Wildman–Crippen MR) is 71.0 cm³/mol. The molecule has 0 aliphatic carbocycles. The van der Waals surface area contributed by atoms with E-state index in [1.807, 2.05) is 0 Å². The van der Waals surface area contributed by atoms with Gasteiger partial charge in [-0.1, -0.05) is 6.92 Å². The highest BCUT2D eigenvalue weighted by molar-refractivity contribution is 4.85. The number of likely N-dealkylation sites (tertiary alicyclic amines) is 1. The summed E-state index contributed by atoms with van der Waals surface area (Å²) < 4.78 is 5.77. The molecule has 0 radical (unpaired) electrons. The van der Waals surface area contributed by atoms with Gasteiger partial charge in [0.2, 0.25) is 0 Å². The monoisotopic (exact) mass is 240 g/mol. The van der Waals surface area contributed by atoms with Crippen molar-refractivity contribution in [1.82, 2.24) is 4.90 Å². The van der Waals surface area contributed by atoms with Crippen LogP contribution in [0.15, 0.2) is 0 Å². The van der Waals surface area contributed by atoms with Crippen LogP contribution in [0, 0.1) is 5.92 Å². The maximum atomic E-state index is 6.06. The summed E-state index contributed by atoms with van der Waals surface area (Å²) >= 11 is 0. The Morgan fingerprint density at radius 1 is 1.41 bits per heavy atom. The van der Waals surface area contributed by atoms with E-state index in [1.165, 1.54) is 38.8 Å². The summed E-state index contributed by atoms with van der Waals surface area (Å²) in [7, 11) is 0. The van der Waals surface area contributed by atoms with Gasteiger partial charge in [0.15, 0.2) is 0 Å². The predicted octanol–water partition coefficient (Wildman–Crippen LogP) is 2.00. The average Bonchev–Trinajstić information content (AvgIpc) is 2.39. The molecule has 0 aromatic rings. The van der Waals surface area contributed by atoms with Crippen LogP contribution in [-0.4, -0.2) is 42.8 Å². The molecule has 0 saturated carbocycles. The van der Waals surface area contributed by atoms with Gasteiger partial charge in [0.25, 0.3) is 0 Å². The summed E-state index contributed by atoms with van der Waals surface area (Å²) in [5.41, 5.74) is 6.06. The van der Waals surface area contributed by atoms with E-state index in [4.69, 9.17) is 10.5 Å². The van der Waals surface area contributed by atoms with Crippen LogP contribution in [0.5, 0.6) is 0 Å². The van der Waals surface area contributed by atoms with Crippen LogP contribution in [0.2, 0.25) is 0 Å². The van der Waals surface area contributed by atoms with Gasteiger partial charge in [-0.05, 0) is 51.5 Å². The summed E-state index contributed by atoms with van der Waals surface area (Å²) in [5.74, 6) is 0.701. The van der Waals surface area contributed by atoms with Crippen molar-refractivity contribution < 1.29 is 4.74 Å². The zero-order valence-corrected chi connectivity index (χ0v) is 11.4. The van der Waals surface area contributed by atoms with Crippen LogP contribution in [-0.2, 0) is 4.74 Å². The van der Waals surface area contributed by atoms with E-state index in [9.17, 15) is 0 Å². The lowest BCUT2D eigenvalue weighted by atomic mass is 9.89. The number of nitrogens with two attached hydrogens (primary N) is 1. The maximum Gasteiger partial charge on any atom is 0.0587 e. The van der Waals surface area contributed by atoms with Crippen molar-refractivity contribution in [3.05, 3.63) is 0 Å². The van der Waals surface area contributed by atoms with Crippen LogP contribution in [0.25, 0.3) is 0 Å². The Labute approximate surface area is 106 Å². The van der Waals surface area contributed by atoms with E-state index >= 15 is 0 Å². The maximum absolute atomic E-state index is 6.06. The van der Waals surface area contributed by atoms with E-state index in [0.717, 1.165) is 19.1 Å². The molecule has 2 saturated heterocycles. The Bertz CT molecular complexity index is 232. The molecule has 0 bridgehead atoms. The number of piperidine rings is 1. The van der Waals surface area contributed by atoms with Gasteiger partial charge >= 0.3 is 0 Å². The van der Waals surface area contributed by atoms with Gasteiger partial charge in [0.1, 0.15) is 0 Å². The molecule has 2 N–H and O–H groups in total. The van der Waals surface area contributed by atoms with Gasteiger partial charge < -0.3 is 10.5 Å². The van der Waals surface area contributed by atoms with Crippen LogP contribution < -0.4 is 5.73 Å². The lowest BCUT2D eigenvalue weighted by Gasteiger charge is -2.42. The number of hydrogen-bond donors (Lipinski definition) is 1. The SMILES string of the molecule is CCC1CC(N2CCCC(C(C)N)C2)CCO1. The summed E-state index contributed by atoms with van der Waals surface area (Å²) in [6.45, 7) is 7.81. The number of nitrogens with zero attached hydrogens (tertiary/aromatic N) is 1. The third kappa shape index (κ3) is 3.43. The van der Waals surface area contributed by atoms with Crippen molar-refractivity contribution in [3.8, 4) is 0 Å². The van der Waals surface area contributed by atoms with Gasteiger partial charge in [-0.25, -0.2) is 0 Å². The molecular weight excluding hydrogens is 212 g/mol. The van der Waals surface area contributed by atoms with Crippen molar-refractivity contribution in [2.24, 2.45) is 11.7 Å². The van der Waals surface area contributed by atoms with Gasteiger partial charge in [-0.2, -0.15) is 0 Å². The first-order chi connectivity index (χ1) is 8.20. The lowest BCUT2D eigenvalue weighted by molar-refractivity contribution is -0.0373. The van der Waals surface area contributed by atoms with Crippen LogP contribution in [0.3, 0.4) is 0 Å².